The van der Waals surface area contributed by atoms with E-state index in [0.29, 0.717) is 16.2 Å². The van der Waals surface area contributed by atoms with Crippen molar-refractivity contribution in [1.82, 2.24) is 5.06 Å². The van der Waals surface area contributed by atoms with Gasteiger partial charge in [-0.05, 0) is 36.8 Å². The number of aromatic hydroxyl groups is 1. The van der Waals surface area contributed by atoms with Gasteiger partial charge < -0.3 is 9.84 Å². The van der Waals surface area contributed by atoms with Gasteiger partial charge in [0.05, 0.1) is 11.3 Å². The summed E-state index contributed by atoms with van der Waals surface area (Å²) in [6.07, 6.45) is -4.42. The molecule has 1 heterocycles. The van der Waals surface area contributed by atoms with Gasteiger partial charge in [0.2, 0.25) is 0 Å². The number of alkyl halides is 3. The SMILES string of the molecule is CC1=C(COc2ccc(O)c(F)c2)SC(c2ccc(C(F)(F)F)cc2)N1O. The Hall–Kier alpha value is -2.39. The Balaban J connectivity index is 1.69. The first kappa shape index (κ1) is 19.4. The van der Waals surface area contributed by atoms with Crippen LogP contribution in [0.1, 0.15) is 23.4 Å². The summed E-state index contributed by atoms with van der Waals surface area (Å²) >= 11 is 1.23. The number of hydrogen-bond acceptors (Lipinski definition) is 5. The van der Waals surface area contributed by atoms with Crippen LogP contribution in [-0.2, 0) is 6.18 Å². The van der Waals surface area contributed by atoms with Crippen LogP contribution in [-0.4, -0.2) is 22.0 Å². The summed E-state index contributed by atoms with van der Waals surface area (Å²) in [6.45, 7) is 1.68. The zero-order chi connectivity index (χ0) is 19.8. The molecule has 1 atom stereocenters. The first-order valence-electron chi connectivity index (χ1n) is 7.80. The highest BCUT2D eigenvalue weighted by Crippen LogP contribution is 2.46. The molecule has 0 spiro atoms. The molecular formula is C18H15F4NO3S. The molecule has 0 aliphatic carbocycles. The number of nitrogens with zero attached hydrogens (tertiary/aromatic N) is 1. The minimum Gasteiger partial charge on any atom is -0.505 e. The fourth-order valence-electron chi connectivity index (χ4n) is 2.48. The van der Waals surface area contributed by atoms with Crippen LogP contribution in [0, 0.1) is 5.82 Å². The molecule has 144 valence electrons. The summed E-state index contributed by atoms with van der Waals surface area (Å²) in [7, 11) is 0. The Morgan fingerprint density at radius 1 is 1.15 bits per heavy atom. The summed E-state index contributed by atoms with van der Waals surface area (Å²) in [6, 6.07) is 8.16. The molecule has 1 aliphatic heterocycles. The monoisotopic (exact) mass is 401 g/mol. The normalized spacial score (nSPS) is 17.6. The summed E-state index contributed by atoms with van der Waals surface area (Å²) < 4.78 is 56.9. The van der Waals surface area contributed by atoms with Gasteiger partial charge in [-0.15, -0.1) is 0 Å². The van der Waals surface area contributed by atoms with Crippen molar-refractivity contribution in [2.75, 3.05) is 6.61 Å². The largest absolute Gasteiger partial charge is 0.505 e. The van der Waals surface area contributed by atoms with Gasteiger partial charge in [0, 0.05) is 11.0 Å². The van der Waals surface area contributed by atoms with Gasteiger partial charge in [0.15, 0.2) is 11.6 Å². The van der Waals surface area contributed by atoms with Gasteiger partial charge in [-0.1, -0.05) is 23.9 Å². The minimum atomic E-state index is -4.42. The Kier molecular flexibility index (Phi) is 5.25. The van der Waals surface area contributed by atoms with Crippen molar-refractivity contribution >= 4 is 11.8 Å². The van der Waals surface area contributed by atoms with Crippen molar-refractivity contribution in [3.05, 3.63) is 70.0 Å². The number of hydroxylamine groups is 2. The predicted molar refractivity (Wildman–Crippen MR) is 91.7 cm³/mol. The second-order valence-corrected chi connectivity index (χ2v) is 7.02. The Labute approximate surface area is 156 Å². The Morgan fingerprint density at radius 3 is 2.41 bits per heavy atom. The highest BCUT2D eigenvalue weighted by Gasteiger charge is 2.33. The average molecular weight is 401 g/mol. The molecule has 3 rings (SSSR count). The van der Waals surface area contributed by atoms with Crippen LogP contribution in [0.3, 0.4) is 0 Å². The number of allylic oxidation sites excluding steroid dienone is 1. The van der Waals surface area contributed by atoms with Crippen molar-refractivity contribution < 1.29 is 32.6 Å². The van der Waals surface area contributed by atoms with E-state index in [4.69, 9.17) is 4.74 Å². The number of benzene rings is 2. The zero-order valence-electron chi connectivity index (χ0n) is 14.0. The number of hydrogen-bond donors (Lipinski definition) is 2. The maximum Gasteiger partial charge on any atom is 0.416 e. The van der Waals surface area contributed by atoms with Crippen molar-refractivity contribution in [2.45, 2.75) is 18.5 Å². The number of phenols is 1. The summed E-state index contributed by atoms with van der Waals surface area (Å²) in [5.74, 6) is -1.10. The van der Waals surface area contributed by atoms with E-state index < -0.39 is 28.7 Å². The summed E-state index contributed by atoms with van der Waals surface area (Å²) in [5, 5.41) is 19.8. The van der Waals surface area contributed by atoms with Crippen LogP contribution in [0.4, 0.5) is 17.6 Å². The first-order valence-corrected chi connectivity index (χ1v) is 8.68. The van der Waals surface area contributed by atoms with Gasteiger partial charge in [0.25, 0.3) is 0 Å². The van der Waals surface area contributed by atoms with Crippen molar-refractivity contribution in [1.29, 1.82) is 0 Å². The van der Waals surface area contributed by atoms with Crippen LogP contribution in [0.25, 0.3) is 0 Å². The molecule has 0 radical (unpaired) electrons. The van der Waals surface area contributed by atoms with E-state index in [2.05, 4.69) is 0 Å². The lowest BCUT2D eigenvalue weighted by atomic mass is 10.1. The summed E-state index contributed by atoms with van der Waals surface area (Å²) in [4.78, 5) is 0.649. The molecule has 0 bridgehead atoms. The van der Waals surface area contributed by atoms with Gasteiger partial charge >= 0.3 is 6.18 Å². The number of ether oxygens (including phenoxy) is 1. The highest BCUT2D eigenvalue weighted by molar-refractivity contribution is 8.03. The lowest BCUT2D eigenvalue weighted by Gasteiger charge is -2.21. The quantitative estimate of drug-likeness (QED) is 0.681. The molecule has 1 aliphatic rings. The molecule has 9 heteroatoms. The van der Waals surface area contributed by atoms with Crippen molar-refractivity contribution in [3.63, 3.8) is 0 Å². The van der Waals surface area contributed by atoms with Gasteiger partial charge in [-0.25, -0.2) is 9.45 Å². The third-order valence-electron chi connectivity index (χ3n) is 4.04. The molecule has 0 amide bonds. The predicted octanol–water partition coefficient (Wildman–Crippen LogP) is 5.30. The lowest BCUT2D eigenvalue weighted by Crippen LogP contribution is -2.17. The second-order valence-electron chi connectivity index (χ2n) is 5.85. The molecule has 0 saturated carbocycles. The fourth-order valence-corrected chi connectivity index (χ4v) is 3.70. The van der Waals surface area contributed by atoms with Gasteiger partial charge in [0.1, 0.15) is 17.7 Å². The smallest absolute Gasteiger partial charge is 0.416 e. The molecule has 2 aromatic carbocycles. The lowest BCUT2D eigenvalue weighted by molar-refractivity contribution is -0.137. The van der Waals surface area contributed by atoms with E-state index >= 15 is 0 Å². The molecule has 2 N–H and O–H groups in total. The van der Waals surface area contributed by atoms with Crippen LogP contribution in [0.15, 0.2) is 53.1 Å². The highest BCUT2D eigenvalue weighted by atomic mass is 32.2. The van der Waals surface area contributed by atoms with Crippen molar-refractivity contribution in [2.24, 2.45) is 0 Å². The molecule has 1 unspecified atom stereocenters. The third kappa shape index (κ3) is 4.14. The van der Waals surface area contributed by atoms with Crippen LogP contribution >= 0.6 is 11.8 Å². The number of rotatable bonds is 4. The maximum atomic E-state index is 13.3. The topological polar surface area (TPSA) is 52.9 Å². The van der Waals surface area contributed by atoms with Crippen LogP contribution in [0.5, 0.6) is 11.5 Å². The zero-order valence-corrected chi connectivity index (χ0v) is 14.8. The second kappa shape index (κ2) is 7.32. The first-order chi connectivity index (χ1) is 12.7. The molecule has 0 saturated heterocycles. The summed E-state index contributed by atoms with van der Waals surface area (Å²) in [5.41, 5.74) is 0.228. The average Bonchev–Trinajstić information content (AvgIpc) is 2.90. The van der Waals surface area contributed by atoms with E-state index in [1.165, 1.54) is 30.0 Å². The van der Waals surface area contributed by atoms with E-state index in [0.717, 1.165) is 29.3 Å². The molecular weight excluding hydrogens is 386 g/mol. The molecule has 2 aromatic rings. The van der Waals surface area contributed by atoms with Crippen LogP contribution < -0.4 is 4.74 Å². The molecule has 27 heavy (non-hydrogen) atoms. The van der Waals surface area contributed by atoms with E-state index in [1.807, 2.05) is 0 Å². The molecule has 4 nitrogen and oxygen atoms in total. The van der Waals surface area contributed by atoms with E-state index in [9.17, 15) is 27.9 Å². The number of halogens is 4. The van der Waals surface area contributed by atoms with Gasteiger partial charge in [-0.3, -0.25) is 5.21 Å². The standard InChI is InChI=1S/C18H15F4NO3S/c1-10-16(9-26-13-6-7-15(24)14(19)8-13)27-17(23(10)25)11-2-4-12(5-3-11)18(20,21)22/h2-8,17,24-25H,9H2,1H3. The number of phenolic OH excluding ortho intramolecular Hbond substituents is 1. The molecule has 0 aromatic heterocycles. The van der Waals surface area contributed by atoms with Gasteiger partial charge in [-0.2, -0.15) is 13.2 Å². The fraction of sp³-hybridized carbons (Fsp3) is 0.222. The molecule has 0 fully saturated rings. The maximum absolute atomic E-state index is 13.3. The van der Waals surface area contributed by atoms with E-state index in [1.54, 1.807) is 6.92 Å². The Morgan fingerprint density at radius 2 is 1.81 bits per heavy atom. The van der Waals surface area contributed by atoms with Crippen molar-refractivity contribution in [3.8, 4) is 11.5 Å². The Bertz CT molecular complexity index is 868. The van der Waals surface area contributed by atoms with E-state index in [-0.39, 0.29) is 12.4 Å². The number of thioether (sulfide) groups is 1. The minimum absolute atomic E-state index is 0.0366. The third-order valence-corrected chi connectivity index (χ3v) is 5.43. The van der Waals surface area contributed by atoms with Crippen LogP contribution in [0.2, 0.25) is 0 Å².